The molecule has 0 spiro atoms. The predicted molar refractivity (Wildman–Crippen MR) is 58.1 cm³/mol. The highest BCUT2D eigenvalue weighted by molar-refractivity contribution is 5.58. The Morgan fingerprint density at radius 3 is 3.06 bits per heavy atom. The Balaban J connectivity index is 2.36. The van der Waals surface area contributed by atoms with Gasteiger partial charge in [0, 0.05) is 24.2 Å². The Morgan fingerprint density at radius 2 is 2.31 bits per heavy atom. The summed E-state index contributed by atoms with van der Waals surface area (Å²) in [6.07, 6.45) is 3.15. The van der Waals surface area contributed by atoms with Crippen LogP contribution in [-0.2, 0) is 0 Å². The number of H-pyrrole nitrogens is 2. The first-order valence-electron chi connectivity index (χ1n) is 4.83. The van der Waals surface area contributed by atoms with Crippen LogP contribution in [0.5, 0.6) is 0 Å². The van der Waals surface area contributed by atoms with Gasteiger partial charge < -0.3 is 0 Å². The van der Waals surface area contributed by atoms with Gasteiger partial charge in [0.2, 0.25) is 0 Å². The predicted octanol–water partition coefficient (Wildman–Crippen LogP) is 0.721. The van der Waals surface area contributed by atoms with E-state index in [9.17, 15) is 4.79 Å². The largest absolute Gasteiger partial charge is 0.294 e. The Hall–Kier alpha value is -2.37. The minimum atomic E-state index is -0.137. The highest BCUT2D eigenvalue weighted by Crippen LogP contribution is 2.10. The smallest absolute Gasteiger partial charge is 0.282 e. The highest BCUT2D eigenvalue weighted by atomic mass is 16.1. The first kappa shape index (κ1) is 8.90. The van der Waals surface area contributed by atoms with Crippen LogP contribution in [0.15, 0.2) is 29.3 Å². The molecule has 0 unspecified atom stereocenters. The van der Waals surface area contributed by atoms with Crippen LogP contribution in [-0.4, -0.2) is 24.8 Å². The summed E-state index contributed by atoms with van der Waals surface area (Å²) in [7, 11) is 0. The fourth-order valence-electron chi connectivity index (χ4n) is 1.67. The number of aromatic nitrogens is 5. The summed E-state index contributed by atoms with van der Waals surface area (Å²) < 4.78 is 1.42. The number of nitrogens with one attached hydrogen (secondary N) is 2. The number of hydrogen-bond donors (Lipinski definition) is 2. The van der Waals surface area contributed by atoms with Crippen molar-refractivity contribution in [2.75, 3.05) is 0 Å². The van der Waals surface area contributed by atoms with Crippen molar-refractivity contribution in [2.24, 2.45) is 0 Å². The Bertz CT molecular complexity index is 692. The lowest BCUT2D eigenvalue weighted by molar-refractivity contribution is 0.881. The first-order valence-corrected chi connectivity index (χ1v) is 4.83. The van der Waals surface area contributed by atoms with Gasteiger partial charge in [0.15, 0.2) is 5.65 Å². The molecule has 0 radical (unpaired) electrons. The van der Waals surface area contributed by atoms with Crippen molar-refractivity contribution in [3.8, 4) is 11.3 Å². The molecule has 0 bridgehead atoms. The molecule has 3 heterocycles. The maximum Gasteiger partial charge on any atom is 0.282 e. The van der Waals surface area contributed by atoms with Gasteiger partial charge in [0.05, 0.1) is 11.3 Å². The van der Waals surface area contributed by atoms with Gasteiger partial charge in [-0.05, 0) is 13.0 Å². The van der Waals surface area contributed by atoms with Crippen molar-refractivity contribution in [3.05, 3.63) is 40.6 Å². The van der Waals surface area contributed by atoms with E-state index in [1.165, 1.54) is 4.52 Å². The third kappa shape index (κ3) is 1.16. The number of rotatable bonds is 1. The molecule has 3 aromatic heterocycles. The van der Waals surface area contributed by atoms with E-state index in [0.29, 0.717) is 16.9 Å². The van der Waals surface area contributed by atoms with E-state index in [1.807, 2.05) is 13.0 Å². The molecule has 16 heavy (non-hydrogen) atoms. The Labute approximate surface area is 89.9 Å². The SMILES string of the molecule is Cc1cc2ncc(-c3ccn[nH]3)c(=O)n2[nH]1. The molecule has 0 aliphatic carbocycles. The van der Waals surface area contributed by atoms with Gasteiger partial charge in [-0.15, -0.1) is 0 Å². The standard InChI is InChI=1S/C10H9N5O/c1-6-4-9-11-5-7(8-2-3-12-13-8)10(16)15(9)14-6/h2-5,14H,1H3,(H,12,13). The molecule has 0 saturated carbocycles. The lowest BCUT2D eigenvalue weighted by Crippen LogP contribution is -2.17. The second-order valence-corrected chi connectivity index (χ2v) is 3.58. The molecule has 80 valence electrons. The molecule has 0 aliphatic heterocycles. The first-order chi connectivity index (χ1) is 7.75. The number of aromatic amines is 2. The Kier molecular flexibility index (Phi) is 1.70. The number of aryl methyl sites for hydroxylation is 1. The third-order valence-corrected chi connectivity index (χ3v) is 2.41. The second kappa shape index (κ2) is 3.06. The lowest BCUT2D eigenvalue weighted by atomic mass is 10.2. The van der Waals surface area contributed by atoms with Gasteiger partial charge in [-0.25, -0.2) is 9.50 Å². The van der Waals surface area contributed by atoms with Crippen LogP contribution >= 0.6 is 0 Å². The number of fused-ring (bicyclic) bond motifs is 1. The molecule has 3 rings (SSSR count). The molecule has 0 amide bonds. The van der Waals surface area contributed by atoms with Crippen LogP contribution in [0.2, 0.25) is 0 Å². The van der Waals surface area contributed by atoms with Crippen molar-refractivity contribution in [2.45, 2.75) is 6.92 Å². The zero-order chi connectivity index (χ0) is 11.1. The van der Waals surface area contributed by atoms with E-state index in [1.54, 1.807) is 18.5 Å². The topological polar surface area (TPSA) is 78.8 Å². The Morgan fingerprint density at radius 1 is 1.44 bits per heavy atom. The van der Waals surface area contributed by atoms with Crippen molar-refractivity contribution in [1.82, 2.24) is 24.8 Å². The molecule has 2 N–H and O–H groups in total. The van der Waals surface area contributed by atoms with E-state index >= 15 is 0 Å². The monoisotopic (exact) mass is 215 g/mol. The lowest BCUT2D eigenvalue weighted by Gasteiger charge is -1.97. The van der Waals surface area contributed by atoms with Gasteiger partial charge in [0.25, 0.3) is 5.56 Å². The zero-order valence-electron chi connectivity index (χ0n) is 8.56. The van der Waals surface area contributed by atoms with E-state index in [-0.39, 0.29) is 5.56 Å². The summed E-state index contributed by atoms with van der Waals surface area (Å²) in [5.74, 6) is 0. The molecule has 0 aromatic carbocycles. The molecule has 0 fully saturated rings. The molecule has 0 saturated heterocycles. The normalized spacial score (nSPS) is 11.1. The summed E-state index contributed by atoms with van der Waals surface area (Å²) in [4.78, 5) is 16.3. The average Bonchev–Trinajstić information content (AvgIpc) is 2.86. The summed E-state index contributed by atoms with van der Waals surface area (Å²) in [5, 5.41) is 9.50. The molecule has 3 aromatic rings. The van der Waals surface area contributed by atoms with Crippen molar-refractivity contribution < 1.29 is 0 Å². The average molecular weight is 215 g/mol. The fourth-order valence-corrected chi connectivity index (χ4v) is 1.67. The van der Waals surface area contributed by atoms with E-state index < -0.39 is 0 Å². The zero-order valence-corrected chi connectivity index (χ0v) is 8.56. The maximum absolute atomic E-state index is 12.1. The van der Waals surface area contributed by atoms with Crippen molar-refractivity contribution in [1.29, 1.82) is 0 Å². The number of hydrogen-bond acceptors (Lipinski definition) is 3. The van der Waals surface area contributed by atoms with Crippen LogP contribution in [0.1, 0.15) is 5.69 Å². The van der Waals surface area contributed by atoms with Gasteiger partial charge in [-0.1, -0.05) is 0 Å². The molecular weight excluding hydrogens is 206 g/mol. The van der Waals surface area contributed by atoms with Crippen molar-refractivity contribution in [3.63, 3.8) is 0 Å². The van der Waals surface area contributed by atoms with E-state index in [2.05, 4.69) is 20.3 Å². The summed E-state index contributed by atoms with van der Waals surface area (Å²) in [6, 6.07) is 3.55. The highest BCUT2D eigenvalue weighted by Gasteiger charge is 2.09. The maximum atomic E-state index is 12.1. The van der Waals surface area contributed by atoms with Gasteiger partial charge in [-0.3, -0.25) is 15.0 Å². The van der Waals surface area contributed by atoms with Gasteiger partial charge in [0.1, 0.15) is 0 Å². The van der Waals surface area contributed by atoms with Crippen molar-refractivity contribution >= 4 is 5.65 Å². The van der Waals surface area contributed by atoms with E-state index in [4.69, 9.17) is 0 Å². The third-order valence-electron chi connectivity index (χ3n) is 2.41. The molecular formula is C10H9N5O. The van der Waals surface area contributed by atoms with Crippen LogP contribution < -0.4 is 5.56 Å². The van der Waals surface area contributed by atoms with Crippen LogP contribution in [0.25, 0.3) is 16.9 Å². The van der Waals surface area contributed by atoms with Crippen LogP contribution in [0.4, 0.5) is 0 Å². The molecule has 0 aliphatic rings. The van der Waals surface area contributed by atoms with Crippen LogP contribution in [0, 0.1) is 6.92 Å². The summed E-state index contributed by atoms with van der Waals surface area (Å²) >= 11 is 0. The molecule has 0 atom stereocenters. The minimum Gasteiger partial charge on any atom is -0.294 e. The van der Waals surface area contributed by atoms with E-state index in [0.717, 1.165) is 5.69 Å². The minimum absolute atomic E-state index is 0.137. The molecule has 6 nitrogen and oxygen atoms in total. The van der Waals surface area contributed by atoms with Gasteiger partial charge >= 0.3 is 0 Å². The quantitative estimate of drug-likeness (QED) is 0.627. The summed E-state index contributed by atoms with van der Waals surface area (Å²) in [6.45, 7) is 1.88. The van der Waals surface area contributed by atoms with Crippen LogP contribution in [0.3, 0.4) is 0 Å². The summed E-state index contributed by atoms with van der Waals surface area (Å²) in [5.41, 5.74) is 2.54. The molecule has 6 heteroatoms. The second-order valence-electron chi connectivity index (χ2n) is 3.58. The number of nitrogens with zero attached hydrogens (tertiary/aromatic N) is 3. The van der Waals surface area contributed by atoms with Gasteiger partial charge in [-0.2, -0.15) is 5.10 Å². The fraction of sp³-hybridized carbons (Fsp3) is 0.100.